The fourth-order valence-corrected chi connectivity index (χ4v) is 5.60. The van der Waals surface area contributed by atoms with Crippen LogP contribution in [0.2, 0.25) is 0 Å². The average Bonchev–Trinajstić information content (AvgIpc) is 3.42. The molecule has 2 heterocycles. The van der Waals surface area contributed by atoms with Crippen LogP contribution < -0.4 is 9.47 Å². The van der Waals surface area contributed by atoms with Crippen molar-refractivity contribution in [3.8, 4) is 11.5 Å². The van der Waals surface area contributed by atoms with Gasteiger partial charge in [-0.15, -0.1) is 0 Å². The van der Waals surface area contributed by atoms with Crippen molar-refractivity contribution in [2.24, 2.45) is 5.10 Å². The fourth-order valence-electron chi connectivity index (χ4n) is 5.60. The van der Waals surface area contributed by atoms with Crippen molar-refractivity contribution in [1.29, 1.82) is 0 Å². The number of hydrogen-bond acceptors (Lipinski definition) is 4. The highest BCUT2D eigenvalue weighted by molar-refractivity contribution is 6.04. The second kappa shape index (κ2) is 11.3. The molecular weight excluding hydrogens is 468 g/mol. The molecule has 0 N–H and O–H groups in total. The lowest BCUT2D eigenvalue weighted by atomic mass is 9.95. The number of hydrogen-bond donors (Lipinski definition) is 0. The van der Waals surface area contributed by atoms with Crippen LogP contribution in [0.1, 0.15) is 80.8 Å². The standard InChI is InChI=1S/C34H36N2O2/c1-2-3-4-5-6-11-22-37-29-20-18-26(19-21-29)34-36-32(30-14-9-10-15-33(30)38-34)24-31(35-36)28-17-16-25-12-7-8-13-27(25)23-28/h7-10,12-21,23,32,34H,2-6,11,22,24H2,1H3/t32-,34-/m1/s1. The number of rotatable bonds is 10. The number of benzene rings is 4. The third kappa shape index (κ3) is 5.13. The number of nitrogens with zero attached hydrogens (tertiary/aromatic N) is 2. The predicted molar refractivity (Wildman–Crippen MR) is 155 cm³/mol. The molecule has 2 atom stereocenters. The molecule has 0 spiro atoms. The van der Waals surface area contributed by atoms with Crippen LogP contribution in [0.3, 0.4) is 0 Å². The second-order valence-corrected chi connectivity index (χ2v) is 10.4. The maximum Gasteiger partial charge on any atom is 0.213 e. The monoisotopic (exact) mass is 504 g/mol. The summed E-state index contributed by atoms with van der Waals surface area (Å²) < 4.78 is 12.6. The van der Waals surface area contributed by atoms with Gasteiger partial charge in [-0.2, -0.15) is 5.10 Å². The Morgan fingerprint density at radius 2 is 1.58 bits per heavy atom. The van der Waals surface area contributed by atoms with E-state index in [1.54, 1.807) is 0 Å². The van der Waals surface area contributed by atoms with Crippen LogP contribution in [0, 0.1) is 0 Å². The van der Waals surface area contributed by atoms with Gasteiger partial charge in [0.1, 0.15) is 11.5 Å². The van der Waals surface area contributed by atoms with Gasteiger partial charge in [0.05, 0.1) is 18.4 Å². The minimum atomic E-state index is -0.277. The summed E-state index contributed by atoms with van der Waals surface area (Å²) in [7, 11) is 0. The molecule has 6 rings (SSSR count). The number of unbranched alkanes of at least 4 members (excludes halogenated alkanes) is 5. The average molecular weight is 505 g/mol. The van der Waals surface area contributed by atoms with Crippen molar-refractivity contribution < 1.29 is 9.47 Å². The summed E-state index contributed by atoms with van der Waals surface area (Å²) in [6.07, 6.45) is 8.18. The molecule has 0 fully saturated rings. The van der Waals surface area contributed by atoms with E-state index in [4.69, 9.17) is 14.6 Å². The summed E-state index contributed by atoms with van der Waals surface area (Å²) in [5.74, 6) is 1.86. The Balaban J connectivity index is 1.20. The molecule has 4 aromatic rings. The highest BCUT2D eigenvalue weighted by atomic mass is 16.5. The zero-order valence-electron chi connectivity index (χ0n) is 22.2. The molecule has 0 aliphatic carbocycles. The third-order valence-corrected chi connectivity index (χ3v) is 7.71. The van der Waals surface area contributed by atoms with Gasteiger partial charge >= 0.3 is 0 Å². The lowest BCUT2D eigenvalue weighted by Gasteiger charge is -2.38. The molecule has 2 aliphatic rings. The van der Waals surface area contributed by atoms with Crippen molar-refractivity contribution in [1.82, 2.24) is 5.01 Å². The number of para-hydroxylation sites is 1. The molecule has 0 radical (unpaired) electrons. The molecule has 0 bridgehead atoms. The first-order valence-electron chi connectivity index (χ1n) is 14.1. The van der Waals surface area contributed by atoms with E-state index in [2.05, 4.69) is 96.9 Å². The number of fused-ring (bicyclic) bond motifs is 4. The largest absolute Gasteiger partial charge is 0.494 e. The van der Waals surface area contributed by atoms with E-state index < -0.39 is 0 Å². The first-order valence-corrected chi connectivity index (χ1v) is 14.1. The molecule has 4 aromatic carbocycles. The van der Waals surface area contributed by atoms with E-state index in [9.17, 15) is 0 Å². The van der Waals surface area contributed by atoms with Crippen LogP contribution >= 0.6 is 0 Å². The van der Waals surface area contributed by atoms with E-state index in [0.29, 0.717) is 0 Å². The van der Waals surface area contributed by atoms with Gasteiger partial charge in [0.2, 0.25) is 6.23 Å². The lowest BCUT2D eigenvalue weighted by Crippen LogP contribution is -2.33. The summed E-state index contributed by atoms with van der Waals surface area (Å²) >= 11 is 0. The molecule has 2 aliphatic heterocycles. The fraction of sp³-hybridized carbons (Fsp3) is 0.324. The highest BCUT2D eigenvalue weighted by Crippen LogP contribution is 2.47. The summed E-state index contributed by atoms with van der Waals surface area (Å²) in [6.45, 7) is 3.02. The second-order valence-electron chi connectivity index (χ2n) is 10.4. The first-order chi connectivity index (χ1) is 18.8. The molecule has 0 saturated carbocycles. The molecule has 0 unspecified atom stereocenters. The summed E-state index contributed by atoms with van der Waals surface area (Å²) in [5.41, 5.74) is 4.56. The Morgan fingerprint density at radius 1 is 0.816 bits per heavy atom. The van der Waals surface area contributed by atoms with E-state index in [0.717, 1.165) is 42.2 Å². The lowest BCUT2D eigenvalue weighted by molar-refractivity contribution is -0.0190. The van der Waals surface area contributed by atoms with Crippen LogP contribution in [0.15, 0.2) is 96.1 Å². The Kier molecular flexibility index (Phi) is 7.30. The Morgan fingerprint density at radius 3 is 2.45 bits per heavy atom. The molecule has 4 heteroatoms. The molecular formula is C34H36N2O2. The minimum absolute atomic E-state index is 0.148. The van der Waals surface area contributed by atoms with Gasteiger partial charge in [-0.1, -0.05) is 93.6 Å². The third-order valence-electron chi connectivity index (χ3n) is 7.71. The van der Waals surface area contributed by atoms with Gasteiger partial charge in [-0.25, -0.2) is 5.01 Å². The Labute approximate surface area is 225 Å². The molecule has 194 valence electrons. The van der Waals surface area contributed by atoms with E-state index in [-0.39, 0.29) is 12.3 Å². The minimum Gasteiger partial charge on any atom is -0.494 e. The maximum absolute atomic E-state index is 6.55. The van der Waals surface area contributed by atoms with Crippen molar-refractivity contribution in [3.63, 3.8) is 0 Å². The van der Waals surface area contributed by atoms with Crippen molar-refractivity contribution in [3.05, 3.63) is 108 Å². The van der Waals surface area contributed by atoms with E-state index in [1.807, 2.05) is 6.07 Å². The van der Waals surface area contributed by atoms with Gasteiger partial charge in [0.25, 0.3) is 0 Å². The van der Waals surface area contributed by atoms with Crippen LogP contribution in [-0.4, -0.2) is 17.3 Å². The van der Waals surface area contributed by atoms with Crippen molar-refractivity contribution >= 4 is 16.5 Å². The van der Waals surface area contributed by atoms with E-state index >= 15 is 0 Å². The quantitative estimate of drug-likeness (QED) is 0.202. The maximum atomic E-state index is 6.55. The van der Waals surface area contributed by atoms with Gasteiger partial charge in [-0.05, 0) is 59.2 Å². The molecule has 0 saturated heterocycles. The van der Waals surface area contributed by atoms with Gasteiger partial charge in [-0.3, -0.25) is 0 Å². The summed E-state index contributed by atoms with van der Waals surface area (Å²) in [6, 6.07) is 32.0. The zero-order valence-corrected chi connectivity index (χ0v) is 22.2. The summed E-state index contributed by atoms with van der Waals surface area (Å²) in [5, 5.41) is 9.79. The zero-order chi connectivity index (χ0) is 25.7. The Hall–Kier alpha value is -3.79. The van der Waals surface area contributed by atoms with Gasteiger partial charge < -0.3 is 9.47 Å². The van der Waals surface area contributed by atoms with Crippen molar-refractivity contribution in [2.45, 2.75) is 64.1 Å². The smallest absolute Gasteiger partial charge is 0.213 e. The van der Waals surface area contributed by atoms with Crippen molar-refractivity contribution in [2.75, 3.05) is 6.61 Å². The van der Waals surface area contributed by atoms with Gasteiger partial charge in [0.15, 0.2) is 0 Å². The summed E-state index contributed by atoms with van der Waals surface area (Å²) in [4.78, 5) is 0. The Bertz CT molecular complexity index is 1410. The topological polar surface area (TPSA) is 34.1 Å². The molecule has 0 amide bonds. The van der Waals surface area contributed by atoms with Crippen LogP contribution in [0.4, 0.5) is 0 Å². The van der Waals surface area contributed by atoms with Gasteiger partial charge in [0, 0.05) is 17.5 Å². The normalized spacial score (nSPS) is 18.0. The number of ether oxygens (including phenoxy) is 2. The highest BCUT2D eigenvalue weighted by Gasteiger charge is 2.40. The molecule has 4 nitrogen and oxygen atoms in total. The molecule has 0 aromatic heterocycles. The van der Waals surface area contributed by atoms with E-state index in [1.165, 1.54) is 54.0 Å². The predicted octanol–water partition coefficient (Wildman–Crippen LogP) is 8.82. The SMILES string of the molecule is CCCCCCCCOc1ccc([C@H]2Oc3ccccc3[C@H]3CC(c4ccc5ccccc5c4)=NN32)cc1. The van der Waals surface area contributed by atoms with Crippen LogP contribution in [0.25, 0.3) is 10.8 Å². The molecule has 38 heavy (non-hydrogen) atoms. The van der Waals surface area contributed by atoms with Crippen LogP contribution in [-0.2, 0) is 0 Å². The van der Waals surface area contributed by atoms with Crippen LogP contribution in [0.5, 0.6) is 11.5 Å². The number of hydrazone groups is 1. The first kappa shape index (κ1) is 24.5.